The molecule has 0 bridgehead atoms. The molecule has 0 N–H and O–H groups in total. The van der Waals surface area contributed by atoms with Crippen LogP contribution in [0.4, 0.5) is 4.79 Å². The van der Waals surface area contributed by atoms with Crippen LogP contribution in [0.25, 0.3) is 0 Å². The Bertz CT molecular complexity index is 856. The zero-order valence-electron chi connectivity index (χ0n) is 24.6. The first-order chi connectivity index (χ1) is 17.7. The van der Waals surface area contributed by atoms with E-state index < -0.39 is 24.0 Å². The van der Waals surface area contributed by atoms with Crippen molar-refractivity contribution in [2.75, 3.05) is 0 Å². The van der Waals surface area contributed by atoms with Crippen molar-refractivity contribution >= 4 is 24.5 Å². The van der Waals surface area contributed by atoms with E-state index in [0.29, 0.717) is 10.6 Å². The first-order valence-corrected chi connectivity index (χ1v) is 22.5. The van der Waals surface area contributed by atoms with Gasteiger partial charge in [-0.05, 0) is 0 Å². The number of ether oxygens (including phenoxy) is 1. The van der Waals surface area contributed by atoms with E-state index >= 15 is 0 Å². The summed E-state index contributed by atoms with van der Waals surface area (Å²) >= 11 is -2.87. The summed E-state index contributed by atoms with van der Waals surface area (Å²) < 4.78 is 10.6. The van der Waals surface area contributed by atoms with Gasteiger partial charge in [0.2, 0.25) is 0 Å². The Labute approximate surface area is 232 Å². The fraction of sp³-hybridized carbons (Fsp3) is 0.606. The predicted octanol–water partition coefficient (Wildman–Crippen LogP) is 9.81. The molecule has 0 aliphatic heterocycles. The van der Waals surface area contributed by atoms with E-state index in [9.17, 15) is 4.79 Å². The Kier molecular flexibility index (Phi) is 14.1. The van der Waals surface area contributed by atoms with Crippen LogP contribution in [-0.2, 0) is 17.7 Å². The maximum absolute atomic E-state index is 14.0. The molecule has 0 aliphatic carbocycles. The van der Waals surface area contributed by atoms with Gasteiger partial charge in [0.25, 0.3) is 0 Å². The fourth-order valence-corrected chi connectivity index (χ4v) is 24.3. The third kappa shape index (κ3) is 11.0. The van der Waals surface area contributed by atoms with E-state index in [0.717, 1.165) is 12.8 Å². The molecule has 2 aromatic carbocycles. The Hall–Kier alpha value is -1.49. The van der Waals surface area contributed by atoms with E-state index in [4.69, 9.17) is 4.74 Å². The number of benzene rings is 2. The van der Waals surface area contributed by atoms with Crippen LogP contribution in [0.3, 0.4) is 0 Å². The molecule has 0 radical (unpaired) electrons. The van der Waals surface area contributed by atoms with Gasteiger partial charge in [0.1, 0.15) is 0 Å². The molecule has 0 heterocycles. The monoisotopic (exact) mass is 615 g/mol. The molecule has 3 nitrogen and oxygen atoms in total. The molecule has 206 valence electrons. The Morgan fingerprint density at radius 2 is 1.24 bits per heavy atom. The van der Waals surface area contributed by atoms with Gasteiger partial charge in [0.05, 0.1) is 0 Å². The van der Waals surface area contributed by atoms with Crippen LogP contribution in [0.5, 0.6) is 0 Å². The van der Waals surface area contributed by atoms with Gasteiger partial charge in [-0.15, -0.1) is 0 Å². The maximum atomic E-state index is 14.0. The number of carbonyl (C=O) groups is 1. The molecule has 0 spiro atoms. The molecule has 0 aromatic heterocycles. The molecule has 1 atom stereocenters. The standard InChI is InChI=1S/C21H26NO2.3C4H9.Sn/c1-21(2,3)24-20(23)22(17-19-13-8-5-9-14-19)16-10-15-18-11-6-4-7-12-18;3*1-3-4-2;/h4-9,11-14,16H,10,15,17H2,1-3H3;3*1,3-4H2,2H3;. The van der Waals surface area contributed by atoms with Gasteiger partial charge in [-0.1, -0.05) is 0 Å². The van der Waals surface area contributed by atoms with Crippen molar-refractivity contribution in [1.82, 2.24) is 4.90 Å². The summed E-state index contributed by atoms with van der Waals surface area (Å²) in [4.78, 5) is 16.2. The van der Waals surface area contributed by atoms with E-state index in [2.05, 4.69) is 86.3 Å². The van der Waals surface area contributed by atoms with Crippen LogP contribution in [-0.4, -0.2) is 39.0 Å². The Balaban J connectivity index is 2.60. The third-order valence-corrected chi connectivity index (χ3v) is 24.8. The average molecular weight is 615 g/mol. The number of carbonyl (C=O) groups excluding carboxylic acids is 1. The van der Waals surface area contributed by atoms with Gasteiger partial charge in [-0.3, -0.25) is 0 Å². The second kappa shape index (κ2) is 16.5. The van der Waals surface area contributed by atoms with Crippen LogP contribution in [0.15, 0.2) is 60.7 Å². The summed E-state index contributed by atoms with van der Waals surface area (Å²) in [7, 11) is 0. The Morgan fingerprint density at radius 1 is 0.784 bits per heavy atom. The van der Waals surface area contributed by atoms with Crippen molar-refractivity contribution in [3.05, 3.63) is 71.8 Å². The van der Waals surface area contributed by atoms with E-state index in [-0.39, 0.29) is 6.09 Å². The quantitative estimate of drug-likeness (QED) is 0.176. The summed E-state index contributed by atoms with van der Waals surface area (Å²) in [6, 6.07) is 21.4. The number of unbranched alkanes of at least 4 members (excludes halogenated alkanes) is 3. The summed E-state index contributed by atoms with van der Waals surface area (Å²) in [5.74, 6) is 0. The average Bonchev–Trinajstić information content (AvgIpc) is 2.88. The topological polar surface area (TPSA) is 29.5 Å². The number of aryl methyl sites for hydroxylation is 1. The zero-order valence-corrected chi connectivity index (χ0v) is 27.5. The molecule has 0 saturated heterocycles. The van der Waals surface area contributed by atoms with Crippen LogP contribution < -0.4 is 0 Å². The van der Waals surface area contributed by atoms with Crippen molar-refractivity contribution in [3.63, 3.8) is 0 Å². The SMILES string of the molecule is CCC[CH2][Sn]([CH2]CCC)([CH2]CCC)[C@H](CCc1ccccc1)N(Cc1ccccc1)C(=O)OC(C)(C)C. The second-order valence-corrected chi connectivity index (χ2v) is 25.8. The summed E-state index contributed by atoms with van der Waals surface area (Å²) in [5.41, 5.74) is 2.06. The summed E-state index contributed by atoms with van der Waals surface area (Å²) in [5, 5.41) is 0. The van der Waals surface area contributed by atoms with E-state index in [1.165, 1.54) is 63.0 Å². The number of rotatable bonds is 16. The second-order valence-electron chi connectivity index (χ2n) is 11.8. The van der Waals surface area contributed by atoms with Crippen molar-refractivity contribution in [2.24, 2.45) is 0 Å². The van der Waals surface area contributed by atoms with Gasteiger partial charge < -0.3 is 0 Å². The molecule has 4 heteroatoms. The van der Waals surface area contributed by atoms with Gasteiger partial charge in [0.15, 0.2) is 0 Å². The minimum atomic E-state index is -2.87. The predicted molar refractivity (Wildman–Crippen MR) is 162 cm³/mol. The molecule has 1 amide bonds. The van der Waals surface area contributed by atoms with Crippen LogP contribution in [0.2, 0.25) is 13.3 Å². The molecule has 0 saturated carbocycles. The van der Waals surface area contributed by atoms with Gasteiger partial charge in [0, 0.05) is 0 Å². The first-order valence-electron chi connectivity index (χ1n) is 14.8. The summed E-state index contributed by atoms with van der Waals surface area (Å²) in [6.07, 6.45) is 9.50. The molecule has 0 unspecified atom stereocenters. The van der Waals surface area contributed by atoms with Crippen molar-refractivity contribution < 1.29 is 9.53 Å². The van der Waals surface area contributed by atoms with E-state index in [1.54, 1.807) is 0 Å². The number of nitrogens with zero attached hydrogens (tertiary/aromatic N) is 1. The number of hydrogen-bond donors (Lipinski definition) is 0. The Morgan fingerprint density at radius 3 is 1.68 bits per heavy atom. The van der Waals surface area contributed by atoms with E-state index in [1.807, 2.05) is 20.8 Å². The molecule has 0 fully saturated rings. The third-order valence-electron chi connectivity index (χ3n) is 7.54. The van der Waals surface area contributed by atoms with Gasteiger partial charge >= 0.3 is 233 Å². The first kappa shape index (κ1) is 31.7. The molecule has 37 heavy (non-hydrogen) atoms. The normalized spacial score (nSPS) is 12.8. The molecule has 0 aliphatic rings. The van der Waals surface area contributed by atoms with Crippen LogP contribution in [0, 0.1) is 0 Å². The van der Waals surface area contributed by atoms with Crippen LogP contribution >= 0.6 is 0 Å². The van der Waals surface area contributed by atoms with Gasteiger partial charge in [-0.25, -0.2) is 0 Å². The van der Waals surface area contributed by atoms with Gasteiger partial charge in [-0.2, -0.15) is 0 Å². The minimum absolute atomic E-state index is 0.125. The zero-order chi connectivity index (χ0) is 27.2. The molecule has 2 rings (SSSR count). The number of hydrogen-bond acceptors (Lipinski definition) is 2. The molecule has 2 aromatic rings. The van der Waals surface area contributed by atoms with Crippen LogP contribution in [0.1, 0.15) is 97.6 Å². The summed E-state index contributed by atoms with van der Waals surface area (Å²) in [6.45, 7) is 13.6. The fourth-order valence-electron chi connectivity index (χ4n) is 5.60. The van der Waals surface area contributed by atoms with Crippen molar-refractivity contribution in [3.8, 4) is 0 Å². The van der Waals surface area contributed by atoms with Crippen molar-refractivity contribution in [1.29, 1.82) is 0 Å². The molecular weight excluding hydrogens is 561 g/mol. The molecular formula is C33H53NO2Sn. The number of amides is 1. The van der Waals surface area contributed by atoms with Crippen molar-refractivity contribution in [2.45, 2.75) is 122 Å².